The van der Waals surface area contributed by atoms with E-state index in [4.69, 9.17) is 5.73 Å². The van der Waals surface area contributed by atoms with Crippen LogP contribution < -0.4 is 10.6 Å². The number of nitrogens with zero attached hydrogens (tertiary/aromatic N) is 1. The lowest BCUT2D eigenvalue weighted by molar-refractivity contribution is 0.0697. The van der Waals surface area contributed by atoms with Gasteiger partial charge in [0.1, 0.15) is 5.82 Å². The summed E-state index contributed by atoms with van der Waals surface area (Å²) in [7, 11) is 0. The van der Waals surface area contributed by atoms with Crippen LogP contribution in [0.3, 0.4) is 0 Å². The second-order valence-corrected chi connectivity index (χ2v) is 4.28. The summed E-state index contributed by atoms with van der Waals surface area (Å²) in [5.74, 6) is -1.48. The number of carbonyl (C=O) groups is 1. The number of halogens is 1. The molecular formula is C15H15FN2O2. The fourth-order valence-electron chi connectivity index (χ4n) is 2.09. The van der Waals surface area contributed by atoms with E-state index < -0.39 is 11.8 Å². The van der Waals surface area contributed by atoms with Crippen LogP contribution >= 0.6 is 0 Å². The number of benzene rings is 2. The lowest BCUT2D eigenvalue weighted by Crippen LogP contribution is -2.20. The summed E-state index contributed by atoms with van der Waals surface area (Å²) in [4.78, 5) is 12.9. The van der Waals surface area contributed by atoms with Gasteiger partial charge in [0.15, 0.2) is 0 Å². The van der Waals surface area contributed by atoms with Gasteiger partial charge < -0.3 is 15.7 Å². The van der Waals surface area contributed by atoms with Gasteiger partial charge in [-0.1, -0.05) is 12.1 Å². The molecule has 2 aromatic rings. The SMILES string of the molecule is CCN(c1ccccc1F)c1cc(N)ccc1C(=O)O. The Bertz CT molecular complexity index is 644. The highest BCUT2D eigenvalue weighted by atomic mass is 19.1. The Morgan fingerprint density at radius 3 is 2.55 bits per heavy atom. The lowest BCUT2D eigenvalue weighted by atomic mass is 10.1. The van der Waals surface area contributed by atoms with Crippen molar-refractivity contribution in [2.45, 2.75) is 6.92 Å². The molecule has 2 rings (SSSR count). The molecule has 0 bridgehead atoms. The van der Waals surface area contributed by atoms with E-state index in [1.807, 2.05) is 6.92 Å². The smallest absolute Gasteiger partial charge is 0.337 e. The molecule has 20 heavy (non-hydrogen) atoms. The fourth-order valence-corrected chi connectivity index (χ4v) is 2.09. The van der Waals surface area contributed by atoms with E-state index in [1.165, 1.54) is 18.2 Å². The first-order chi connectivity index (χ1) is 9.54. The molecule has 0 amide bonds. The highest BCUT2D eigenvalue weighted by Crippen LogP contribution is 2.31. The Morgan fingerprint density at radius 2 is 1.95 bits per heavy atom. The molecule has 0 heterocycles. The molecule has 0 aliphatic carbocycles. The molecule has 0 fully saturated rings. The highest BCUT2D eigenvalue weighted by molar-refractivity contribution is 5.96. The zero-order valence-corrected chi connectivity index (χ0v) is 11.0. The van der Waals surface area contributed by atoms with Crippen molar-refractivity contribution in [3.63, 3.8) is 0 Å². The molecule has 0 radical (unpaired) electrons. The Morgan fingerprint density at radius 1 is 1.25 bits per heavy atom. The largest absolute Gasteiger partial charge is 0.478 e. The van der Waals surface area contributed by atoms with Crippen molar-refractivity contribution in [1.29, 1.82) is 0 Å². The van der Waals surface area contributed by atoms with Gasteiger partial charge in [-0.15, -0.1) is 0 Å². The van der Waals surface area contributed by atoms with Crippen LogP contribution in [0.2, 0.25) is 0 Å². The number of rotatable bonds is 4. The van der Waals surface area contributed by atoms with Gasteiger partial charge in [-0.2, -0.15) is 0 Å². The monoisotopic (exact) mass is 274 g/mol. The lowest BCUT2D eigenvalue weighted by Gasteiger charge is -2.25. The molecule has 5 heteroatoms. The third kappa shape index (κ3) is 2.56. The predicted octanol–water partition coefficient (Wildman–Crippen LogP) is 3.26. The molecule has 0 saturated carbocycles. The first-order valence-electron chi connectivity index (χ1n) is 6.19. The van der Waals surface area contributed by atoms with Gasteiger partial charge in [-0.3, -0.25) is 0 Å². The van der Waals surface area contributed by atoms with E-state index >= 15 is 0 Å². The number of nitrogens with two attached hydrogens (primary N) is 1. The van der Waals surface area contributed by atoms with Gasteiger partial charge >= 0.3 is 5.97 Å². The van der Waals surface area contributed by atoms with Crippen LogP contribution in [0, 0.1) is 5.82 Å². The summed E-state index contributed by atoms with van der Waals surface area (Å²) in [6.07, 6.45) is 0. The number of hydrogen-bond acceptors (Lipinski definition) is 3. The van der Waals surface area contributed by atoms with E-state index in [2.05, 4.69) is 0 Å². The molecule has 0 spiro atoms. The maximum absolute atomic E-state index is 13.9. The van der Waals surface area contributed by atoms with Crippen molar-refractivity contribution < 1.29 is 14.3 Å². The molecule has 3 N–H and O–H groups in total. The molecule has 0 saturated heterocycles. The quantitative estimate of drug-likeness (QED) is 0.840. The topological polar surface area (TPSA) is 66.6 Å². The average molecular weight is 274 g/mol. The van der Waals surface area contributed by atoms with Crippen LogP contribution in [0.5, 0.6) is 0 Å². The number of anilines is 3. The molecule has 104 valence electrons. The zero-order valence-electron chi connectivity index (χ0n) is 11.0. The number of carboxylic acids is 1. The van der Waals surface area contributed by atoms with Crippen LogP contribution in [-0.2, 0) is 0 Å². The molecule has 4 nitrogen and oxygen atoms in total. The molecule has 0 aliphatic rings. The van der Waals surface area contributed by atoms with Crippen LogP contribution in [0.4, 0.5) is 21.5 Å². The second kappa shape index (κ2) is 5.61. The summed E-state index contributed by atoms with van der Waals surface area (Å²) < 4.78 is 13.9. The third-order valence-electron chi connectivity index (χ3n) is 3.00. The third-order valence-corrected chi connectivity index (χ3v) is 3.00. The molecule has 0 atom stereocenters. The molecule has 0 aliphatic heterocycles. The highest BCUT2D eigenvalue weighted by Gasteiger charge is 2.18. The molecule has 0 unspecified atom stereocenters. The normalized spacial score (nSPS) is 10.3. The van der Waals surface area contributed by atoms with E-state index in [9.17, 15) is 14.3 Å². The average Bonchev–Trinajstić information content (AvgIpc) is 2.41. The zero-order chi connectivity index (χ0) is 14.7. The van der Waals surface area contributed by atoms with Crippen LogP contribution in [0.25, 0.3) is 0 Å². The first kappa shape index (κ1) is 13.9. The van der Waals surface area contributed by atoms with E-state index in [0.29, 0.717) is 23.6 Å². The van der Waals surface area contributed by atoms with Crippen molar-refractivity contribution in [3.05, 3.63) is 53.8 Å². The minimum Gasteiger partial charge on any atom is -0.478 e. The van der Waals surface area contributed by atoms with Gasteiger partial charge in [0, 0.05) is 12.2 Å². The Kier molecular flexibility index (Phi) is 3.89. The number of aromatic carboxylic acids is 1. The number of nitrogen functional groups attached to an aromatic ring is 1. The van der Waals surface area contributed by atoms with E-state index in [0.717, 1.165) is 0 Å². The van der Waals surface area contributed by atoms with Gasteiger partial charge in [0.25, 0.3) is 0 Å². The van der Waals surface area contributed by atoms with Gasteiger partial charge in [0.05, 0.1) is 16.9 Å². The second-order valence-electron chi connectivity index (χ2n) is 4.28. The van der Waals surface area contributed by atoms with Crippen molar-refractivity contribution in [2.24, 2.45) is 0 Å². The summed E-state index contributed by atoms with van der Waals surface area (Å²) in [6.45, 7) is 2.24. The summed E-state index contributed by atoms with van der Waals surface area (Å²) >= 11 is 0. The van der Waals surface area contributed by atoms with Crippen LogP contribution in [0.15, 0.2) is 42.5 Å². The molecule has 0 aromatic heterocycles. The van der Waals surface area contributed by atoms with Gasteiger partial charge in [-0.25, -0.2) is 9.18 Å². The van der Waals surface area contributed by atoms with E-state index in [1.54, 1.807) is 29.2 Å². The van der Waals surface area contributed by atoms with Crippen molar-refractivity contribution in [2.75, 3.05) is 17.2 Å². The van der Waals surface area contributed by atoms with Crippen molar-refractivity contribution in [3.8, 4) is 0 Å². The molecular weight excluding hydrogens is 259 g/mol. The van der Waals surface area contributed by atoms with Crippen LogP contribution in [0.1, 0.15) is 17.3 Å². The standard InChI is InChI=1S/C15H15FN2O2/c1-2-18(13-6-4-3-5-12(13)16)14-9-10(17)7-8-11(14)15(19)20/h3-9H,2,17H2,1H3,(H,19,20). The first-order valence-corrected chi connectivity index (χ1v) is 6.19. The Balaban J connectivity index is 2.60. The Hall–Kier alpha value is -2.56. The summed E-state index contributed by atoms with van der Waals surface area (Å²) in [6, 6.07) is 10.7. The van der Waals surface area contributed by atoms with Crippen molar-refractivity contribution in [1.82, 2.24) is 0 Å². The van der Waals surface area contributed by atoms with Gasteiger partial charge in [0.2, 0.25) is 0 Å². The predicted molar refractivity (Wildman–Crippen MR) is 76.9 cm³/mol. The van der Waals surface area contributed by atoms with E-state index in [-0.39, 0.29) is 5.56 Å². The fraction of sp³-hybridized carbons (Fsp3) is 0.133. The molecule has 2 aromatic carbocycles. The number of para-hydroxylation sites is 1. The minimum atomic E-state index is -1.07. The number of carboxylic acid groups (broad SMARTS) is 1. The minimum absolute atomic E-state index is 0.0873. The summed E-state index contributed by atoms with van der Waals surface area (Å²) in [5.41, 5.74) is 6.94. The Labute approximate surface area is 116 Å². The maximum Gasteiger partial charge on any atom is 0.337 e. The van der Waals surface area contributed by atoms with Crippen molar-refractivity contribution >= 4 is 23.0 Å². The maximum atomic E-state index is 13.9. The van der Waals surface area contributed by atoms with Gasteiger partial charge in [-0.05, 0) is 37.3 Å². The summed E-state index contributed by atoms with van der Waals surface area (Å²) in [5, 5.41) is 9.26. The number of hydrogen-bond donors (Lipinski definition) is 2. The van der Waals surface area contributed by atoms with Crippen LogP contribution in [-0.4, -0.2) is 17.6 Å².